The molecule has 0 radical (unpaired) electrons. The molecule has 144 valence electrons. The number of hydrogen-bond donors (Lipinski definition) is 1. The van der Waals surface area contributed by atoms with Crippen molar-refractivity contribution in [2.45, 2.75) is 18.7 Å². The van der Waals surface area contributed by atoms with Gasteiger partial charge in [0, 0.05) is 0 Å². The first-order valence-electron chi connectivity index (χ1n) is 8.86. The number of nitrogens with zero attached hydrogens (tertiary/aromatic N) is 2. The Bertz CT molecular complexity index is 917. The Morgan fingerprint density at radius 1 is 1.18 bits per heavy atom. The van der Waals surface area contributed by atoms with Crippen LogP contribution in [0.15, 0.2) is 48.5 Å². The first-order valence-corrected chi connectivity index (χ1v) is 8.86. The van der Waals surface area contributed by atoms with Crippen molar-refractivity contribution in [3.05, 3.63) is 65.2 Å². The summed E-state index contributed by atoms with van der Waals surface area (Å²) in [5, 5.41) is 1.29. The van der Waals surface area contributed by atoms with Gasteiger partial charge >= 0.3 is 6.03 Å². The van der Waals surface area contributed by atoms with Crippen molar-refractivity contribution in [1.29, 1.82) is 0 Å². The fraction of sp³-hybridized carbons (Fsp3) is 0.250. The zero-order valence-corrected chi connectivity index (χ0v) is 15.0. The zero-order chi connectivity index (χ0) is 19.7. The topological polar surface area (TPSA) is 102 Å². The Hall–Kier alpha value is -3.39. The van der Waals surface area contributed by atoms with Gasteiger partial charge in [0.15, 0.2) is 6.29 Å². The summed E-state index contributed by atoms with van der Waals surface area (Å²) < 4.78 is 5.37. The summed E-state index contributed by atoms with van der Waals surface area (Å²) in [7, 11) is 0. The smallest absolute Gasteiger partial charge is 0.345 e. The van der Waals surface area contributed by atoms with Crippen molar-refractivity contribution in [3.8, 4) is 5.75 Å². The van der Waals surface area contributed by atoms with Crippen LogP contribution in [0.2, 0.25) is 0 Å². The third-order valence-corrected chi connectivity index (χ3v) is 4.91. The number of aldehydes is 1. The molecule has 28 heavy (non-hydrogen) atoms. The molecule has 0 aliphatic carbocycles. The highest BCUT2D eigenvalue weighted by Gasteiger charge is 2.50. The lowest BCUT2D eigenvalue weighted by molar-refractivity contribution is -0.141. The zero-order valence-electron chi connectivity index (χ0n) is 15.0. The SMILES string of the molecule is NC(=O)[C@H]1c2ccc(OCC=O)cc2[C@@H]2CN1C(=O)N2OCc1ccccc1. The maximum atomic E-state index is 12.9. The lowest BCUT2D eigenvalue weighted by Crippen LogP contribution is -2.41. The first-order chi connectivity index (χ1) is 13.6. The lowest BCUT2D eigenvalue weighted by atomic mass is 9.90. The number of ether oxygens (including phenoxy) is 1. The molecule has 2 bridgehead atoms. The van der Waals surface area contributed by atoms with Gasteiger partial charge in [-0.1, -0.05) is 36.4 Å². The summed E-state index contributed by atoms with van der Waals surface area (Å²) in [6, 6.07) is 12.9. The molecule has 8 nitrogen and oxygen atoms in total. The van der Waals surface area contributed by atoms with E-state index in [1.807, 2.05) is 30.3 Å². The number of hydrogen-bond acceptors (Lipinski definition) is 5. The van der Waals surface area contributed by atoms with Gasteiger partial charge in [0.05, 0.1) is 6.54 Å². The number of carbonyl (C=O) groups excluding carboxylic acids is 3. The number of amides is 3. The van der Waals surface area contributed by atoms with Crippen LogP contribution in [0.4, 0.5) is 4.79 Å². The minimum absolute atomic E-state index is 0.0814. The summed E-state index contributed by atoms with van der Waals surface area (Å²) in [5.74, 6) is -0.135. The summed E-state index contributed by atoms with van der Waals surface area (Å²) in [6.45, 7) is 0.419. The second-order valence-electron chi connectivity index (χ2n) is 6.61. The van der Waals surface area contributed by atoms with Gasteiger partial charge in [0.1, 0.15) is 31.0 Å². The average Bonchev–Trinajstić information content (AvgIpc) is 2.98. The predicted molar refractivity (Wildman–Crippen MR) is 97.8 cm³/mol. The van der Waals surface area contributed by atoms with E-state index in [1.54, 1.807) is 18.2 Å². The summed E-state index contributed by atoms with van der Waals surface area (Å²) in [6.07, 6.45) is 0.655. The minimum Gasteiger partial charge on any atom is -0.486 e. The van der Waals surface area contributed by atoms with Gasteiger partial charge in [-0.05, 0) is 28.8 Å². The monoisotopic (exact) mass is 381 g/mol. The second kappa shape index (κ2) is 7.32. The number of carbonyl (C=O) groups is 3. The molecule has 0 saturated carbocycles. The van der Waals surface area contributed by atoms with Crippen LogP contribution in [-0.2, 0) is 21.0 Å². The normalized spacial score (nSPS) is 20.1. The van der Waals surface area contributed by atoms with Crippen LogP contribution < -0.4 is 10.5 Å². The van der Waals surface area contributed by atoms with Gasteiger partial charge < -0.3 is 15.4 Å². The minimum atomic E-state index is -0.871. The van der Waals surface area contributed by atoms with Gasteiger partial charge in [0.25, 0.3) is 0 Å². The summed E-state index contributed by atoms with van der Waals surface area (Å²) in [5.41, 5.74) is 7.87. The van der Waals surface area contributed by atoms with Crippen LogP contribution in [0, 0.1) is 0 Å². The number of benzene rings is 2. The highest BCUT2D eigenvalue weighted by molar-refractivity contribution is 5.90. The first kappa shape index (κ1) is 18.0. The third kappa shape index (κ3) is 3.07. The van der Waals surface area contributed by atoms with E-state index < -0.39 is 24.0 Å². The van der Waals surface area contributed by atoms with Crippen LogP contribution in [0.25, 0.3) is 0 Å². The van der Waals surface area contributed by atoms with E-state index in [0.29, 0.717) is 17.6 Å². The van der Waals surface area contributed by atoms with E-state index in [4.69, 9.17) is 15.3 Å². The number of rotatable bonds is 7. The van der Waals surface area contributed by atoms with E-state index in [1.165, 1.54) is 9.96 Å². The molecule has 8 heteroatoms. The fourth-order valence-electron chi connectivity index (χ4n) is 3.69. The van der Waals surface area contributed by atoms with Crippen molar-refractivity contribution in [2.75, 3.05) is 13.2 Å². The third-order valence-electron chi connectivity index (χ3n) is 4.91. The molecule has 2 N–H and O–H groups in total. The highest BCUT2D eigenvalue weighted by atomic mass is 16.7. The standard InChI is InChI=1S/C20H19N3O5/c21-19(25)18-15-7-6-14(27-9-8-24)10-16(15)17-11-22(18)20(26)23(17)28-12-13-4-2-1-3-5-13/h1-8,10,17-18H,9,11-12H2,(H2,21,25)/t17-,18+/m0/s1. The van der Waals surface area contributed by atoms with Gasteiger partial charge in [-0.3, -0.25) is 14.4 Å². The molecule has 1 saturated heterocycles. The summed E-state index contributed by atoms with van der Waals surface area (Å²) >= 11 is 0. The molecule has 2 heterocycles. The Kier molecular flexibility index (Phi) is 4.70. The molecule has 0 spiro atoms. The van der Waals surface area contributed by atoms with E-state index >= 15 is 0 Å². The van der Waals surface area contributed by atoms with Gasteiger partial charge in [0.2, 0.25) is 5.91 Å². The number of urea groups is 1. The maximum absolute atomic E-state index is 12.9. The Morgan fingerprint density at radius 2 is 1.96 bits per heavy atom. The van der Waals surface area contributed by atoms with Crippen molar-refractivity contribution < 1.29 is 24.0 Å². The Labute approximate surface area is 161 Å². The van der Waals surface area contributed by atoms with Gasteiger partial charge in [-0.25, -0.2) is 4.79 Å². The van der Waals surface area contributed by atoms with Crippen LogP contribution in [0.5, 0.6) is 5.75 Å². The molecule has 2 aliphatic heterocycles. The lowest BCUT2D eigenvalue weighted by Gasteiger charge is -2.31. The van der Waals surface area contributed by atoms with Crippen LogP contribution in [0.1, 0.15) is 28.8 Å². The predicted octanol–water partition coefficient (Wildman–Crippen LogP) is 1.71. The second-order valence-corrected chi connectivity index (χ2v) is 6.61. The van der Waals surface area contributed by atoms with Crippen molar-refractivity contribution in [3.63, 3.8) is 0 Å². The molecular weight excluding hydrogens is 362 g/mol. The molecule has 2 aliphatic rings. The van der Waals surface area contributed by atoms with E-state index in [2.05, 4.69) is 0 Å². The van der Waals surface area contributed by atoms with Gasteiger partial charge in [-0.15, -0.1) is 0 Å². The fourth-order valence-corrected chi connectivity index (χ4v) is 3.69. The molecule has 0 unspecified atom stereocenters. The number of fused-ring (bicyclic) bond motifs is 4. The van der Waals surface area contributed by atoms with E-state index in [0.717, 1.165) is 11.1 Å². The molecule has 2 aromatic rings. The molecule has 2 atom stereocenters. The maximum Gasteiger partial charge on any atom is 0.345 e. The van der Waals surface area contributed by atoms with Gasteiger partial charge in [-0.2, -0.15) is 5.06 Å². The molecule has 0 aromatic heterocycles. The van der Waals surface area contributed by atoms with Crippen molar-refractivity contribution in [2.24, 2.45) is 5.73 Å². The van der Waals surface area contributed by atoms with Crippen molar-refractivity contribution in [1.82, 2.24) is 9.96 Å². The van der Waals surface area contributed by atoms with Crippen LogP contribution in [-0.4, -0.2) is 41.3 Å². The quantitative estimate of drug-likeness (QED) is 0.736. The molecular formula is C20H19N3O5. The van der Waals surface area contributed by atoms with Crippen LogP contribution in [0.3, 0.4) is 0 Å². The number of primary amides is 1. The largest absolute Gasteiger partial charge is 0.486 e. The van der Waals surface area contributed by atoms with E-state index in [9.17, 15) is 14.4 Å². The number of nitrogens with two attached hydrogens (primary N) is 1. The Morgan fingerprint density at radius 3 is 2.68 bits per heavy atom. The van der Waals surface area contributed by atoms with Crippen LogP contribution >= 0.6 is 0 Å². The number of hydroxylamine groups is 2. The molecule has 2 aromatic carbocycles. The molecule has 1 fully saturated rings. The molecule has 4 rings (SSSR count). The van der Waals surface area contributed by atoms with Crippen molar-refractivity contribution >= 4 is 18.2 Å². The highest BCUT2D eigenvalue weighted by Crippen LogP contribution is 2.45. The average molecular weight is 381 g/mol. The van der Waals surface area contributed by atoms with E-state index in [-0.39, 0.29) is 19.8 Å². The Balaban J connectivity index is 1.66. The summed E-state index contributed by atoms with van der Waals surface area (Å²) in [4.78, 5) is 42.8. The molecule has 3 amide bonds.